The molecular weight excluding hydrogens is 384 g/mol. The second-order valence-corrected chi connectivity index (χ2v) is 11.4. The summed E-state index contributed by atoms with van der Waals surface area (Å²) in [6.07, 6.45) is 15.7. The molecule has 3 rings (SSSR count). The Labute approximate surface area is 189 Å². The van der Waals surface area contributed by atoms with E-state index >= 15 is 0 Å². The number of carboxylic acid groups (broad SMARTS) is 1. The maximum absolute atomic E-state index is 11.5. The lowest BCUT2D eigenvalue weighted by Crippen LogP contribution is -2.41. The maximum Gasteiger partial charge on any atom is 0.336 e. The number of hydrogen-bond acceptors (Lipinski definition) is 2. The first-order chi connectivity index (χ1) is 14.6. The molecule has 0 radical (unpaired) electrons. The van der Waals surface area contributed by atoms with Gasteiger partial charge < -0.3 is 10.2 Å². The molecule has 0 aromatic heterocycles. The minimum Gasteiger partial charge on any atom is -0.479 e. The van der Waals surface area contributed by atoms with Gasteiger partial charge in [-0.25, -0.2) is 4.79 Å². The summed E-state index contributed by atoms with van der Waals surface area (Å²) >= 11 is 0. The lowest BCUT2D eigenvalue weighted by molar-refractivity contribution is -0.159. The van der Waals surface area contributed by atoms with Crippen molar-refractivity contribution in [2.75, 3.05) is 0 Å². The normalized spacial score (nSPS) is 37.4. The molecule has 174 valence electrons. The van der Waals surface area contributed by atoms with Gasteiger partial charge in [-0.05, 0) is 79.6 Å². The van der Waals surface area contributed by atoms with Gasteiger partial charge in [-0.2, -0.15) is 0 Å². The Bertz CT molecular complexity index is 745. The Morgan fingerprint density at radius 3 is 2.58 bits per heavy atom. The molecule has 31 heavy (non-hydrogen) atoms. The van der Waals surface area contributed by atoms with E-state index in [1.165, 1.54) is 50.5 Å². The summed E-state index contributed by atoms with van der Waals surface area (Å²) in [7, 11) is 0. The van der Waals surface area contributed by atoms with Crippen molar-refractivity contribution < 1.29 is 15.0 Å². The molecule has 0 spiro atoms. The predicted octanol–water partition coefficient (Wildman–Crippen LogP) is 7.07. The third-order valence-electron chi connectivity index (χ3n) is 8.84. The van der Waals surface area contributed by atoms with Crippen molar-refractivity contribution in [1.29, 1.82) is 0 Å². The Balaban J connectivity index is 1.74. The summed E-state index contributed by atoms with van der Waals surface area (Å²) in [5.41, 5.74) is 2.18. The molecule has 2 N–H and O–H groups in total. The van der Waals surface area contributed by atoms with Crippen LogP contribution in [-0.4, -0.2) is 21.8 Å². The number of fused-ring (bicyclic) bond motifs is 1. The highest BCUT2D eigenvalue weighted by Crippen LogP contribution is 2.60. The van der Waals surface area contributed by atoms with Gasteiger partial charge in [0.1, 0.15) is 0 Å². The number of rotatable bonds is 7. The van der Waals surface area contributed by atoms with E-state index in [0.717, 1.165) is 35.3 Å². The number of allylic oxidation sites excluding steroid dienone is 4. The van der Waals surface area contributed by atoms with E-state index in [1.54, 1.807) is 0 Å². The summed E-state index contributed by atoms with van der Waals surface area (Å²) in [5.74, 6) is 1.92. The Morgan fingerprint density at radius 2 is 1.90 bits per heavy atom. The van der Waals surface area contributed by atoms with Crippen LogP contribution in [0.1, 0.15) is 98.3 Å². The van der Waals surface area contributed by atoms with E-state index in [-0.39, 0.29) is 12.8 Å². The Hall–Kier alpha value is -1.35. The van der Waals surface area contributed by atoms with Crippen LogP contribution in [0.15, 0.2) is 35.5 Å². The van der Waals surface area contributed by atoms with Crippen LogP contribution < -0.4 is 0 Å². The topological polar surface area (TPSA) is 57.5 Å². The van der Waals surface area contributed by atoms with E-state index < -0.39 is 11.6 Å². The summed E-state index contributed by atoms with van der Waals surface area (Å²) in [6, 6.07) is 0. The number of carbonyl (C=O) groups is 1. The third kappa shape index (κ3) is 5.18. The molecule has 3 heteroatoms. The predicted molar refractivity (Wildman–Crippen MR) is 128 cm³/mol. The lowest BCUT2D eigenvalue weighted by atomic mass is 9.60. The molecule has 1 unspecified atom stereocenters. The monoisotopic (exact) mass is 428 g/mol. The molecule has 0 aliphatic heterocycles. The van der Waals surface area contributed by atoms with Crippen LogP contribution in [0.4, 0.5) is 0 Å². The quantitative estimate of drug-likeness (QED) is 0.456. The first-order valence-corrected chi connectivity index (χ1v) is 12.6. The van der Waals surface area contributed by atoms with E-state index in [2.05, 4.69) is 46.4 Å². The molecule has 5 atom stereocenters. The minimum absolute atomic E-state index is 0.169. The second kappa shape index (κ2) is 9.65. The Morgan fingerprint density at radius 1 is 1.16 bits per heavy atom. The smallest absolute Gasteiger partial charge is 0.336 e. The van der Waals surface area contributed by atoms with Gasteiger partial charge in [0.25, 0.3) is 0 Å². The van der Waals surface area contributed by atoms with Gasteiger partial charge >= 0.3 is 5.97 Å². The lowest BCUT2D eigenvalue weighted by Gasteiger charge is -2.44. The number of aliphatic carboxylic acids is 1. The molecule has 3 saturated carbocycles. The van der Waals surface area contributed by atoms with Crippen molar-refractivity contribution in [3.05, 3.63) is 35.5 Å². The molecule has 3 aliphatic rings. The van der Waals surface area contributed by atoms with E-state index in [9.17, 15) is 15.0 Å². The molecular formula is C28H44O3. The fraction of sp³-hybridized carbons (Fsp3) is 0.750. The highest BCUT2D eigenvalue weighted by Gasteiger charge is 2.50. The zero-order chi connectivity index (χ0) is 22.8. The zero-order valence-corrected chi connectivity index (χ0v) is 20.3. The van der Waals surface area contributed by atoms with Crippen LogP contribution in [0.3, 0.4) is 0 Å². The standard InChI is InChI=1S/C28H44O3/c1-19(2)8-6-9-21(4)24-13-14-25-22(10-7-16-27(24,25)5)11-12-23-18-28(31,26(29)30)17-15-20(23)3/h11-12,19,21,24-25,31H,3,6-10,13-18H2,1-2,4-5H3,(H,29,30)/t21-,24-,25?,27-,28+/m1/s1. The van der Waals surface area contributed by atoms with Gasteiger partial charge in [0.05, 0.1) is 0 Å². The fourth-order valence-electron chi connectivity index (χ4n) is 6.88. The molecule has 0 heterocycles. The van der Waals surface area contributed by atoms with Crippen LogP contribution in [0, 0.1) is 29.1 Å². The molecule has 0 bridgehead atoms. The second-order valence-electron chi connectivity index (χ2n) is 11.4. The van der Waals surface area contributed by atoms with Crippen LogP contribution in [0.25, 0.3) is 0 Å². The number of aliphatic hydroxyl groups is 1. The molecule has 0 saturated heterocycles. The summed E-state index contributed by atoms with van der Waals surface area (Å²) in [4.78, 5) is 11.5. The van der Waals surface area contributed by atoms with Crippen LogP contribution in [0.2, 0.25) is 0 Å². The third-order valence-corrected chi connectivity index (χ3v) is 8.84. The molecule has 3 nitrogen and oxygen atoms in total. The fourth-order valence-corrected chi connectivity index (χ4v) is 6.88. The molecule has 0 aromatic rings. The molecule has 0 aromatic carbocycles. The average Bonchev–Trinajstić information content (AvgIpc) is 3.06. The first kappa shape index (κ1) is 24.3. The van der Waals surface area contributed by atoms with Gasteiger partial charge in [-0.1, -0.05) is 76.8 Å². The van der Waals surface area contributed by atoms with Gasteiger partial charge in [0.15, 0.2) is 5.60 Å². The maximum atomic E-state index is 11.5. The highest BCUT2D eigenvalue weighted by molar-refractivity contribution is 5.78. The van der Waals surface area contributed by atoms with Gasteiger partial charge in [-0.3, -0.25) is 0 Å². The summed E-state index contributed by atoms with van der Waals surface area (Å²) in [6.45, 7) is 13.8. The van der Waals surface area contributed by atoms with Crippen molar-refractivity contribution in [3.8, 4) is 0 Å². The minimum atomic E-state index is -1.64. The van der Waals surface area contributed by atoms with Gasteiger partial charge in [0.2, 0.25) is 0 Å². The van der Waals surface area contributed by atoms with Crippen LogP contribution in [-0.2, 0) is 4.79 Å². The number of carboxylic acids is 1. The summed E-state index contributed by atoms with van der Waals surface area (Å²) < 4.78 is 0. The van der Waals surface area contributed by atoms with Gasteiger partial charge in [-0.15, -0.1) is 0 Å². The van der Waals surface area contributed by atoms with Crippen molar-refractivity contribution in [2.45, 2.75) is 104 Å². The average molecular weight is 429 g/mol. The molecule has 3 aliphatic carbocycles. The highest BCUT2D eigenvalue weighted by atomic mass is 16.4. The molecule has 3 fully saturated rings. The van der Waals surface area contributed by atoms with Crippen LogP contribution >= 0.6 is 0 Å². The van der Waals surface area contributed by atoms with E-state index in [4.69, 9.17) is 0 Å². The first-order valence-electron chi connectivity index (χ1n) is 12.6. The van der Waals surface area contributed by atoms with Crippen molar-refractivity contribution >= 4 is 5.97 Å². The zero-order valence-electron chi connectivity index (χ0n) is 20.3. The van der Waals surface area contributed by atoms with Gasteiger partial charge in [0, 0.05) is 6.42 Å². The largest absolute Gasteiger partial charge is 0.479 e. The number of hydrogen-bond donors (Lipinski definition) is 2. The van der Waals surface area contributed by atoms with E-state index in [1.807, 2.05) is 0 Å². The van der Waals surface area contributed by atoms with E-state index in [0.29, 0.717) is 17.8 Å². The Kier molecular flexibility index (Phi) is 7.56. The van der Waals surface area contributed by atoms with Crippen molar-refractivity contribution in [2.24, 2.45) is 29.1 Å². The SMILES string of the molecule is C=C1CC[C@@](O)(C(=O)O)CC1=CC=C1CCC[C@@]2(C)C1CC[C@@H]2[C@H](C)CCCC(C)C. The summed E-state index contributed by atoms with van der Waals surface area (Å²) in [5, 5.41) is 19.9. The van der Waals surface area contributed by atoms with Crippen molar-refractivity contribution in [1.82, 2.24) is 0 Å². The molecule has 0 amide bonds. The van der Waals surface area contributed by atoms with Crippen molar-refractivity contribution in [3.63, 3.8) is 0 Å². The van der Waals surface area contributed by atoms with Crippen LogP contribution in [0.5, 0.6) is 0 Å².